The Balaban J connectivity index is 1.93. The smallest absolute Gasteiger partial charge is 0.326 e. The summed E-state index contributed by atoms with van der Waals surface area (Å²) in [7, 11) is 0. The lowest BCUT2D eigenvalue weighted by molar-refractivity contribution is -0.142. The number of carboxylic acids is 1. The number of carboxylic acid groups (broad SMARTS) is 1. The quantitative estimate of drug-likeness (QED) is 0.854. The summed E-state index contributed by atoms with van der Waals surface area (Å²) in [5.41, 5.74) is 2.79. The van der Waals surface area contributed by atoms with Crippen molar-refractivity contribution in [2.45, 2.75) is 52.7 Å². The minimum absolute atomic E-state index is 0.207. The maximum absolute atomic E-state index is 13.1. The Kier molecular flexibility index (Phi) is 4.61. The summed E-state index contributed by atoms with van der Waals surface area (Å²) >= 11 is 0. The van der Waals surface area contributed by atoms with Crippen molar-refractivity contribution in [3.05, 3.63) is 35.2 Å². The largest absolute Gasteiger partial charge is 0.480 e. The second-order valence-corrected chi connectivity index (χ2v) is 6.75. The summed E-state index contributed by atoms with van der Waals surface area (Å²) in [5, 5.41) is 14.1. The zero-order valence-corrected chi connectivity index (χ0v) is 14.7. The molecule has 0 aliphatic carbocycles. The monoisotopic (exact) mass is 345 g/mol. The highest BCUT2D eigenvalue weighted by Gasteiger charge is 2.37. The van der Waals surface area contributed by atoms with Gasteiger partial charge in [-0.15, -0.1) is 0 Å². The Morgan fingerprint density at radius 3 is 2.84 bits per heavy atom. The summed E-state index contributed by atoms with van der Waals surface area (Å²) in [6.45, 7) is 6.87. The van der Waals surface area contributed by atoms with E-state index in [1.807, 2.05) is 6.92 Å². The molecule has 3 heterocycles. The first kappa shape index (κ1) is 17.2. The van der Waals surface area contributed by atoms with Crippen LogP contribution in [0, 0.1) is 5.92 Å². The number of rotatable bonds is 5. The number of carbonyl (C=O) groups excluding carboxylic acids is 1. The van der Waals surface area contributed by atoms with E-state index in [1.165, 1.54) is 11.2 Å². The number of aromatic nitrogens is 4. The van der Waals surface area contributed by atoms with Gasteiger partial charge in [-0.25, -0.2) is 9.78 Å². The van der Waals surface area contributed by atoms with E-state index in [1.54, 1.807) is 10.7 Å². The fraction of sp³-hybridized carbons (Fsp3) is 0.529. The number of nitrogens with one attached hydrogen (secondary N) is 1. The summed E-state index contributed by atoms with van der Waals surface area (Å²) in [5.74, 6) is -0.901. The van der Waals surface area contributed by atoms with Crippen molar-refractivity contribution in [1.29, 1.82) is 0 Å². The van der Waals surface area contributed by atoms with E-state index in [0.717, 1.165) is 17.8 Å². The number of amides is 1. The molecule has 134 valence electrons. The molecule has 0 spiro atoms. The van der Waals surface area contributed by atoms with Crippen LogP contribution in [0.15, 0.2) is 12.4 Å². The van der Waals surface area contributed by atoms with Crippen LogP contribution in [0.4, 0.5) is 0 Å². The molecule has 0 radical (unpaired) electrons. The average molecular weight is 345 g/mol. The topological polar surface area (TPSA) is 104 Å². The second-order valence-electron chi connectivity index (χ2n) is 6.75. The predicted molar refractivity (Wildman–Crippen MR) is 90.0 cm³/mol. The van der Waals surface area contributed by atoms with E-state index in [4.69, 9.17) is 0 Å². The number of fused-ring (bicyclic) bond motifs is 1. The second kappa shape index (κ2) is 6.70. The van der Waals surface area contributed by atoms with E-state index in [-0.39, 0.29) is 18.9 Å². The minimum Gasteiger partial charge on any atom is -0.480 e. The lowest BCUT2D eigenvalue weighted by Gasteiger charge is -2.32. The molecule has 1 aliphatic rings. The van der Waals surface area contributed by atoms with Crippen molar-refractivity contribution in [3.63, 3.8) is 0 Å². The highest BCUT2D eigenvalue weighted by molar-refractivity contribution is 5.95. The van der Waals surface area contributed by atoms with Crippen LogP contribution < -0.4 is 0 Å². The number of hydrogen-bond donors (Lipinski definition) is 2. The number of aromatic amines is 1. The van der Waals surface area contributed by atoms with Gasteiger partial charge in [0.2, 0.25) is 0 Å². The van der Waals surface area contributed by atoms with E-state index in [2.05, 4.69) is 28.9 Å². The number of aliphatic carboxylic acids is 1. The van der Waals surface area contributed by atoms with Gasteiger partial charge in [0, 0.05) is 13.0 Å². The molecule has 25 heavy (non-hydrogen) atoms. The highest BCUT2D eigenvalue weighted by Crippen LogP contribution is 2.23. The van der Waals surface area contributed by atoms with E-state index >= 15 is 0 Å². The standard InChI is InChI=1S/C17H23N5O3/c1-4-22-14(6-11(20-22)5-10(2)3)16(23)21-8-13-12(18-9-19-13)7-15(21)17(24)25/h6,9-10,15H,4-5,7-8H2,1-3H3,(H,18,19)(H,24,25)/t15-/m1/s1. The number of H-pyrrole nitrogens is 1. The molecule has 1 amide bonds. The van der Waals surface area contributed by atoms with Gasteiger partial charge in [0.15, 0.2) is 0 Å². The van der Waals surface area contributed by atoms with Crippen molar-refractivity contribution in [1.82, 2.24) is 24.6 Å². The van der Waals surface area contributed by atoms with Gasteiger partial charge in [0.25, 0.3) is 5.91 Å². The third-order valence-corrected chi connectivity index (χ3v) is 4.41. The average Bonchev–Trinajstić information content (AvgIpc) is 3.17. The van der Waals surface area contributed by atoms with Gasteiger partial charge in [0.1, 0.15) is 11.7 Å². The first-order valence-electron chi connectivity index (χ1n) is 8.52. The van der Waals surface area contributed by atoms with Crippen LogP contribution in [0.2, 0.25) is 0 Å². The molecule has 0 saturated carbocycles. The Labute approximate surface area is 145 Å². The van der Waals surface area contributed by atoms with Crippen molar-refractivity contribution in [2.75, 3.05) is 0 Å². The van der Waals surface area contributed by atoms with Gasteiger partial charge in [-0.3, -0.25) is 9.48 Å². The zero-order valence-electron chi connectivity index (χ0n) is 14.7. The molecule has 0 saturated heterocycles. The minimum atomic E-state index is -1.02. The van der Waals surface area contributed by atoms with Crippen molar-refractivity contribution in [3.8, 4) is 0 Å². The first-order chi connectivity index (χ1) is 11.9. The third-order valence-electron chi connectivity index (χ3n) is 4.41. The molecule has 8 heteroatoms. The zero-order chi connectivity index (χ0) is 18.1. The van der Waals surface area contributed by atoms with Gasteiger partial charge in [-0.2, -0.15) is 5.10 Å². The van der Waals surface area contributed by atoms with E-state index < -0.39 is 12.0 Å². The molecular weight excluding hydrogens is 322 g/mol. The molecule has 1 atom stereocenters. The molecule has 0 fully saturated rings. The number of carbonyl (C=O) groups is 2. The van der Waals surface area contributed by atoms with Crippen LogP contribution in [-0.4, -0.2) is 47.7 Å². The van der Waals surface area contributed by atoms with Crippen molar-refractivity contribution in [2.24, 2.45) is 5.92 Å². The molecule has 8 nitrogen and oxygen atoms in total. The summed E-state index contributed by atoms with van der Waals surface area (Å²) < 4.78 is 1.65. The van der Waals surface area contributed by atoms with E-state index in [0.29, 0.717) is 23.9 Å². The Hall–Kier alpha value is -2.64. The van der Waals surface area contributed by atoms with Gasteiger partial charge in [-0.1, -0.05) is 13.8 Å². The Morgan fingerprint density at radius 2 is 2.20 bits per heavy atom. The first-order valence-corrected chi connectivity index (χ1v) is 8.52. The van der Waals surface area contributed by atoms with Crippen LogP contribution in [-0.2, 0) is 30.7 Å². The predicted octanol–water partition coefficient (Wildman–Crippen LogP) is 1.48. The number of nitrogens with zero attached hydrogens (tertiary/aromatic N) is 4. The lowest BCUT2D eigenvalue weighted by Crippen LogP contribution is -2.49. The van der Waals surface area contributed by atoms with Crippen molar-refractivity contribution >= 4 is 11.9 Å². The molecule has 2 aromatic heterocycles. The van der Waals surface area contributed by atoms with E-state index in [9.17, 15) is 14.7 Å². The van der Waals surface area contributed by atoms with Crippen LogP contribution in [0.1, 0.15) is 48.3 Å². The maximum Gasteiger partial charge on any atom is 0.326 e. The normalized spacial score (nSPS) is 17.0. The molecule has 0 aromatic carbocycles. The van der Waals surface area contributed by atoms with Crippen LogP contribution >= 0.6 is 0 Å². The summed E-state index contributed by atoms with van der Waals surface area (Å²) in [6.07, 6.45) is 2.52. The van der Waals surface area contributed by atoms with Crippen LogP contribution in [0.3, 0.4) is 0 Å². The maximum atomic E-state index is 13.1. The summed E-state index contributed by atoms with van der Waals surface area (Å²) in [6, 6.07) is 0.866. The molecule has 0 bridgehead atoms. The lowest BCUT2D eigenvalue weighted by atomic mass is 10.0. The molecule has 3 rings (SSSR count). The number of imidazole rings is 1. The van der Waals surface area contributed by atoms with Gasteiger partial charge < -0.3 is 15.0 Å². The molecule has 1 aliphatic heterocycles. The Morgan fingerprint density at radius 1 is 1.44 bits per heavy atom. The number of aryl methyl sites for hydroxylation is 1. The van der Waals surface area contributed by atoms with Crippen molar-refractivity contribution < 1.29 is 14.7 Å². The SMILES string of the molecule is CCn1nc(CC(C)C)cc1C(=O)N1Cc2[nH]cnc2C[C@@H]1C(=O)O. The fourth-order valence-electron chi connectivity index (χ4n) is 3.22. The van der Waals surface area contributed by atoms with Gasteiger partial charge >= 0.3 is 5.97 Å². The molecule has 2 N–H and O–H groups in total. The summed E-state index contributed by atoms with van der Waals surface area (Å²) in [4.78, 5) is 33.3. The fourth-order valence-corrected chi connectivity index (χ4v) is 3.22. The Bertz CT molecular complexity index is 792. The van der Waals surface area contributed by atoms with Crippen LogP contribution in [0.5, 0.6) is 0 Å². The number of hydrogen-bond acceptors (Lipinski definition) is 4. The molecular formula is C17H23N5O3. The highest BCUT2D eigenvalue weighted by atomic mass is 16.4. The van der Waals surface area contributed by atoms with Gasteiger partial charge in [-0.05, 0) is 25.3 Å². The van der Waals surface area contributed by atoms with Crippen LogP contribution in [0.25, 0.3) is 0 Å². The third kappa shape index (κ3) is 3.29. The molecule has 0 unspecified atom stereocenters. The van der Waals surface area contributed by atoms with Gasteiger partial charge in [0.05, 0.1) is 30.0 Å². The molecule has 2 aromatic rings.